The molecule has 0 atom stereocenters. The van der Waals surface area contributed by atoms with Gasteiger partial charge in [0.2, 0.25) is 0 Å². The molecule has 1 aromatic heterocycles. The third-order valence-electron chi connectivity index (χ3n) is 4.22. The monoisotopic (exact) mass is 387 g/mol. The van der Waals surface area contributed by atoms with Crippen molar-refractivity contribution in [2.45, 2.75) is 0 Å². The summed E-state index contributed by atoms with van der Waals surface area (Å²) < 4.78 is 5.65. The zero-order chi connectivity index (χ0) is 20.1. The van der Waals surface area contributed by atoms with Crippen LogP contribution in [0.4, 0.5) is 0 Å². The number of para-hydroxylation sites is 1. The van der Waals surface area contributed by atoms with Gasteiger partial charge in [-0.25, -0.2) is 0 Å². The van der Waals surface area contributed by atoms with E-state index in [-0.39, 0.29) is 6.61 Å². The summed E-state index contributed by atoms with van der Waals surface area (Å²) in [6.07, 6.45) is 0. The number of carbonyl (C=O) groups is 2. The number of benzene rings is 3. The molecule has 0 saturated heterocycles. The summed E-state index contributed by atoms with van der Waals surface area (Å²) in [7, 11) is 0. The normalized spacial score (nSPS) is 10.5. The van der Waals surface area contributed by atoms with Crippen LogP contribution in [0.25, 0.3) is 22.2 Å². The van der Waals surface area contributed by atoms with E-state index in [0.717, 1.165) is 11.1 Å². The van der Waals surface area contributed by atoms with Crippen LogP contribution in [0, 0.1) is 0 Å². The van der Waals surface area contributed by atoms with Crippen molar-refractivity contribution in [3.63, 3.8) is 0 Å². The van der Waals surface area contributed by atoms with Gasteiger partial charge in [-0.15, -0.1) is 0 Å². The molecular weight excluding hydrogens is 370 g/mol. The average Bonchev–Trinajstić information content (AvgIpc) is 3.25. The largest absolute Gasteiger partial charge is 0.483 e. The summed E-state index contributed by atoms with van der Waals surface area (Å²) in [5.74, 6) is -0.367. The highest BCUT2D eigenvalue weighted by atomic mass is 16.5. The van der Waals surface area contributed by atoms with E-state index >= 15 is 0 Å². The molecule has 0 radical (unpaired) electrons. The molecule has 0 saturated carbocycles. The topological polar surface area (TPSA) is 109 Å². The van der Waals surface area contributed by atoms with Crippen LogP contribution >= 0.6 is 0 Å². The molecule has 4 aromatic rings. The van der Waals surface area contributed by atoms with E-state index in [9.17, 15) is 9.59 Å². The van der Waals surface area contributed by atoms with Gasteiger partial charge in [-0.2, -0.15) is 15.4 Å². The minimum absolute atomic E-state index is 0.244. The Labute approximate surface area is 165 Å². The number of aromatic nitrogens is 3. The van der Waals surface area contributed by atoms with Crippen molar-refractivity contribution < 1.29 is 14.3 Å². The number of rotatable bonds is 5. The van der Waals surface area contributed by atoms with Gasteiger partial charge in [-0.3, -0.25) is 20.4 Å². The van der Waals surface area contributed by atoms with Crippen molar-refractivity contribution in [1.82, 2.24) is 26.3 Å². The molecule has 0 aliphatic carbocycles. The molecule has 0 aliphatic heterocycles. The standard InChI is InChI=1S/C21H17N5O3/c27-20(24-25-21(28)15-10-11-17-18(12-15)23-26-22-17)13-29-19-9-5-4-8-16(19)14-6-2-1-3-7-14/h1-12H,13H2,(H,24,27)(H,25,28)(H,22,23,26). The Bertz CT molecular complexity index is 1160. The summed E-state index contributed by atoms with van der Waals surface area (Å²) in [4.78, 5) is 24.3. The molecule has 8 nitrogen and oxygen atoms in total. The van der Waals surface area contributed by atoms with Crippen molar-refractivity contribution in [2.75, 3.05) is 6.61 Å². The highest BCUT2D eigenvalue weighted by molar-refractivity contribution is 5.98. The average molecular weight is 387 g/mol. The highest BCUT2D eigenvalue weighted by Gasteiger charge is 2.11. The van der Waals surface area contributed by atoms with Crippen molar-refractivity contribution in [2.24, 2.45) is 0 Å². The van der Waals surface area contributed by atoms with E-state index < -0.39 is 11.8 Å². The maximum atomic E-state index is 12.2. The van der Waals surface area contributed by atoms with Crippen LogP contribution in [-0.2, 0) is 4.79 Å². The fourth-order valence-corrected chi connectivity index (χ4v) is 2.81. The Hall–Kier alpha value is -4.20. The zero-order valence-electron chi connectivity index (χ0n) is 15.3. The first-order valence-corrected chi connectivity index (χ1v) is 8.88. The van der Waals surface area contributed by atoms with Crippen LogP contribution in [0.1, 0.15) is 10.4 Å². The number of nitrogens with one attached hydrogen (secondary N) is 3. The van der Waals surface area contributed by atoms with Gasteiger partial charge in [-0.1, -0.05) is 48.5 Å². The fraction of sp³-hybridized carbons (Fsp3) is 0.0476. The number of aromatic amines is 1. The molecule has 2 amide bonds. The lowest BCUT2D eigenvalue weighted by Gasteiger charge is -2.12. The molecule has 3 N–H and O–H groups in total. The van der Waals surface area contributed by atoms with Crippen molar-refractivity contribution in [3.8, 4) is 16.9 Å². The summed E-state index contributed by atoms with van der Waals surface area (Å²) in [6, 6.07) is 22.0. The Morgan fingerprint density at radius 2 is 1.62 bits per heavy atom. The molecule has 0 fully saturated rings. The molecule has 1 heterocycles. The van der Waals surface area contributed by atoms with Crippen molar-refractivity contribution >= 4 is 22.8 Å². The third-order valence-corrected chi connectivity index (χ3v) is 4.22. The predicted octanol–water partition coefficient (Wildman–Crippen LogP) is 2.46. The van der Waals surface area contributed by atoms with E-state index in [2.05, 4.69) is 26.3 Å². The summed E-state index contributed by atoms with van der Waals surface area (Å²) in [6.45, 7) is -0.244. The molecule has 0 spiro atoms. The smallest absolute Gasteiger partial charge is 0.276 e. The Balaban J connectivity index is 1.34. The van der Waals surface area contributed by atoms with Crippen molar-refractivity contribution in [1.29, 1.82) is 0 Å². The number of ether oxygens (including phenoxy) is 1. The Morgan fingerprint density at radius 3 is 2.48 bits per heavy atom. The van der Waals surface area contributed by atoms with Gasteiger partial charge in [-0.05, 0) is 29.8 Å². The summed E-state index contributed by atoms with van der Waals surface area (Å²) in [5.41, 5.74) is 8.13. The first-order valence-electron chi connectivity index (χ1n) is 8.88. The van der Waals surface area contributed by atoms with Crippen LogP contribution in [0.5, 0.6) is 5.75 Å². The molecular formula is C21H17N5O3. The first kappa shape index (κ1) is 18.2. The Morgan fingerprint density at radius 1 is 0.862 bits per heavy atom. The first-order chi connectivity index (χ1) is 14.2. The molecule has 144 valence electrons. The van der Waals surface area contributed by atoms with Crippen LogP contribution in [0.3, 0.4) is 0 Å². The minimum atomic E-state index is -0.483. The second kappa shape index (κ2) is 8.22. The maximum Gasteiger partial charge on any atom is 0.276 e. The molecule has 0 unspecified atom stereocenters. The van der Waals surface area contributed by atoms with E-state index in [1.165, 1.54) is 0 Å². The summed E-state index contributed by atoms with van der Waals surface area (Å²) >= 11 is 0. The number of H-pyrrole nitrogens is 1. The van der Waals surface area contributed by atoms with Crippen molar-refractivity contribution in [3.05, 3.63) is 78.4 Å². The van der Waals surface area contributed by atoms with Gasteiger partial charge in [0.1, 0.15) is 16.8 Å². The predicted molar refractivity (Wildman–Crippen MR) is 107 cm³/mol. The third kappa shape index (κ3) is 4.22. The Kier molecular flexibility index (Phi) is 5.15. The van der Waals surface area contributed by atoms with Gasteiger partial charge in [0.25, 0.3) is 11.8 Å². The number of carbonyl (C=O) groups excluding carboxylic acids is 2. The van der Waals surface area contributed by atoms with Crippen LogP contribution < -0.4 is 15.6 Å². The quantitative estimate of drug-likeness (QED) is 0.456. The second-order valence-corrected chi connectivity index (χ2v) is 6.18. The number of fused-ring (bicyclic) bond motifs is 1. The van der Waals surface area contributed by atoms with Crippen LogP contribution in [-0.4, -0.2) is 33.8 Å². The number of hydrogen-bond donors (Lipinski definition) is 3. The van der Waals surface area contributed by atoms with E-state index in [4.69, 9.17) is 4.74 Å². The van der Waals surface area contributed by atoms with E-state index in [1.54, 1.807) is 24.3 Å². The maximum absolute atomic E-state index is 12.2. The number of hydrazine groups is 1. The molecule has 4 rings (SSSR count). The second-order valence-electron chi connectivity index (χ2n) is 6.18. The summed E-state index contributed by atoms with van der Waals surface area (Å²) in [5, 5.41) is 10.3. The number of hydrogen-bond acceptors (Lipinski definition) is 5. The lowest BCUT2D eigenvalue weighted by atomic mass is 10.1. The van der Waals surface area contributed by atoms with Crippen LogP contribution in [0.15, 0.2) is 72.8 Å². The van der Waals surface area contributed by atoms with Gasteiger partial charge in [0, 0.05) is 11.1 Å². The molecule has 8 heteroatoms. The van der Waals surface area contributed by atoms with Gasteiger partial charge in [0.15, 0.2) is 6.61 Å². The van der Waals surface area contributed by atoms with Gasteiger partial charge >= 0.3 is 0 Å². The van der Waals surface area contributed by atoms with Gasteiger partial charge in [0.05, 0.1) is 0 Å². The molecule has 0 bridgehead atoms. The van der Waals surface area contributed by atoms with E-state index in [1.807, 2.05) is 48.5 Å². The lowest BCUT2D eigenvalue weighted by Crippen LogP contribution is -2.43. The lowest BCUT2D eigenvalue weighted by molar-refractivity contribution is -0.123. The fourth-order valence-electron chi connectivity index (χ4n) is 2.81. The van der Waals surface area contributed by atoms with E-state index in [0.29, 0.717) is 22.3 Å². The van der Waals surface area contributed by atoms with Crippen LogP contribution in [0.2, 0.25) is 0 Å². The number of nitrogens with zero attached hydrogens (tertiary/aromatic N) is 2. The SMILES string of the molecule is O=C(COc1ccccc1-c1ccccc1)NNC(=O)c1ccc2n[nH]nc2c1. The molecule has 29 heavy (non-hydrogen) atoms. The molecule has 0 aliphatic rings. The number of amides is 2. The highest BCUT2D eigenvalue weighted by Crippen LogP contribution is 2.29. The van der Waals surface area contributed by atoms with Gasteiger partial charge < -0.3 is 4.74 Å². The molecule has 3 aromatic carbocycles. The minimum Gasteiger partial charge on any atom is -0.483 e. The zero-order valence-corrected chi connectivity index (χ0v) is 15.3.